The lowest BCUT2D eigenvalue weighted by Gasteiger charge is -2.10. The average molecular weight is 444 g/mol. The molecule has 1 aromatic carbocycles. The number of aromatic nitrogens is 4. The fourth-order valence-corrected chi connectivity index (χ4v) is 5.28. The summed E-state index contributed by atoms with van der Waals surface area (Å²) in [7, 11) is 1.51. The van der Waals surface area contributed by atoms with E-state index in [0.29, 0.717) is 22.1 Å². The number of ether oxygens (including phenoxy) is 1. The first kappa shape index (κ1) is 19.1. The summed E-state index contributed by atoms with van der Waals surface area (Å²) in [4.78, 5) is 32.1. The van der Waals surface area contributed by atoms with Crippen LogP contribution in [0.1, 0.15) is 23.3 Å². The van der Waals surface area contributed by atoms with E-state index in [1.165, 1.54) is 34.7 Å². The number of nitrogens with one attached hydrogen (secondary N) is 1. The van der Waals surface area contributed by atoms with Crippen molar-refractivity contribution < 1.29 is 9.53 Å². The molecule has 1 N–H and O–H groups in total. The Bertz CT molecular complexity index is 1360. The Hall–Kier alpha value is -2.91. The maximum Gasteiger partial charge on any atom is 0.352 e. The molecule has 1 amide bonds. The van der Waals surface area contributed by atoms with Gasteiger partial charge in [0.15, 0.2) is 5.65 Å². The molecule has 0 radical (unpaired) electrons. The third-order valence-electron chi connectivity index (χ3n) is 5.27. The molecule has 10 heteroatoms. The zero-order valence-electron chi connectivity index (χ0n) is 16.1. The largest absolute Gasteiger partial charge is 0.495 e. The first-order valence-corrected chi connectivity index (χ1v) is 10.8. The number of rotatable bonds is 4. The van der Waals surface area contributed by atoms with Gasteiger partial charge in [-0.25, -0.2) is 18.9 Å². The van der Waals surface area contributed by atoms with E-state index in [9.17, 15) is 9.59 Å². The summed E-state index contributed by atoms with van der Waals surface area (Å²) in [5, 5.41) is 8.61. The van der Waals surface area contributed by atoms with E-state index in [2.05, 4.69) is 15.4 Å². The highest BCUT2D eigenvalue weighted by Crippen LogP contribution is 2.36. The maximum atomic E-state index is 12.8. The van der Waals surface area contributed by atoms with E-state index in [1.54, 1.807) is 29.5 Å². The fourth-order valence-electron chi connectivity index (χ4n) is 3.88. The van der Waals surface area contributed by atoms with Crippen LogP contribution in [0.4, 0.5) is 5.69 Å². The number of aryl methyl sites for hydroxylation is 2. The number of benzene rings is 1. The summed E-state index contributed by atoms with van der Waals surface area (Å²) < 4.78 is 7.82. The number of anilines is 1. The van der Waals surface area contributed by atoms with Gasteiger partial charge in [0.05, 0.1) is 18.2 Å². The molecule has 0 fully saturated rings. The molecule has 0 saturated carbocycles. The number of amides is 1. The third-order valence-corrected chi connectivity index (χ3v) is 6.70. The van der Waals surface area contributed by atoms with Gasteiger partial charge in [-0.15, -0.1) is 16.4 Å². The highest BCUT2D eigenvalue weighted by atomic mass is 35.5. The fraction of sp³-hybridized carbons (Fsp3) is 0.300. The molecule has 0 aliphatic heterocycles. The number of thiophene rings is 1. The Balaban J connectivity index is 1.51. The Labute approximate surface area is 180 Å². The van der Waals surface area contributed by atoms with Crippen LogP contribution in [0.25, 0.3) is 15.9 Å². The van der Waals surface area contributed by atoms with Gasteiger partial charge in [0.25, 0.3) is 0 Å². The topological polar surface area (TPSA) is 90.5 Å². The van der Waals surface area contributed by atoms with Gasteiger partial charge in [0.2, 0.25) is 5.91 Å². The van der Waals surface area contributed by atoms with Gasteiger partial charge in [-0.05, 0) is 49.4 Å². The minimum Gasteiger partial charge on any atom is -0.495 e. The summed E-state index contributed by atoms with van der Waals surface area (Å²) in [6, 6.07) is 4.93. The number of carbonyl (C=O) groups is 1. The number of carbonyl (C=O) groups excluding carboxylic acids is 1. The summed E-state index contributed by atoms with van der Waals surface area (Å²) in [5.41, 5.74) is 1.83. The molecular formula is C20H18ClN5O3S. The maximum absolute atomic E-state index is 12.8. The van der Waals surface area contributed by atoms with Crippen molar-refractivity contribution >= 4 is 50.4 Å². The first-order chi connectivity index (χ1) is 14.5. The Morgan fingerprint density at radius 2 is 2.17 bits per heavy atom. The number of halogens is 1. The zero-order chi connectivity index (χ0) is 20.8. The lowest BCUT2D eigenvalue weighted by molar-refractivity contribution is -0.117. The van der Waals surface area contributed by atoms with E-state index in [-0.39, 0.29) is 6.54 Å². The quantitative estimate of drug-likeness (QED) is 0.522. The number of fused-ring (bicyclic) bond motifs is 5. The molecule has 0 atom stereocenters. The minimum atomic E-state index is -0.405. The van der Waals surface area contributed by atoms with Crippen LogP contribution in [0.5, 0.6) is 5.75 Å². The van der Waals surface area contributed by atoms with Crippen LogP contribution in [-0.4, -0.2) is 32.2 Å². The van der Waals surface area contributed by atoms with Crippen LogP contribution >= 0.6 is 22.9 Å². The molecule has 30 heavy (non-hydrogen) atoms. The molecule has 3 heterocycles. The van der Waals surface area contributed by atoms with Gasteiger partial charge < -0.3 is 10.1 Å². The SMILES string of the molecule is COc1ccc(Cl)cc1NC(=O)Cn1nc2c3c4c(sc3ncn2c1=O)CCCC4. The second-order valence-electron chi connectivity index (χ2n) is 7.16. The van der Waals surface area contributed by atoms with Crippen molar-refractivity contribution in [1.29, 1.82) is 0 Å². The van der Waals surface area contributed by atoms with Gasteiger partial charge in [0, 0.05) is 9.90 Å². The Morgan fingerprint density at radius 1 is 1.33 bits per heavy atom. The molecule has 8 nitrogen and oxygen atoms in total. The van der Waals surface area contributed by atoms with Gasteiger partial charge in [-0.2, -0.15) is 0 Å². The third kappa shape index (κ3) is 3.14. The Morgan fingerprint density at radius 3 is 3.00 bits per heavy atom. The van der Waals surface area contributed by atoms with Gasteiger partial charge in [-0.1, -0.05) is 11.6 Å². The van der Waals surface area contributed by atoms with Gasteiger partial charge in [-0.3, -0.25) is 4.79 Å². The van der Waals surface area contributed by atoms with E-state index in [1.807, 2.05) is 0 Å². The van der Waals surface area contributed by atoms with Crippen molar-refractivity contribution in [2.45, 2.75) is 32.2 Å². The number of nitrogens with zero attached hydrogens (tertiary/aromatic N) is 4. The smallest absolute Gasteiger partial charge is 0.352 e. The number of methoxy groups -OCH3 is 1. The van der Waals surface area contributed by atoms with Crippen LogP contribution < -0.4 is 15.7 Å². The van der Waals surface area contributed by atoms with Crippen molar-refractivity contribution in [3.63, 3.8) is 0 Å². The molecule has 1 aliphatic rings. The van der Waals surface area contributed by atoms with E-state index in [0.717, 1.165) is 34.2 Å². The molecule has 0 spiro atoms. The zero-order valence-corrected chi connectivity index (χ0v) is 17.7. The molecular weight excluding hydrogens is 426 g/mol. The summed E-state index contributed by atoms with van der Waals surface area (Å²) >= 11 is 7.68. The first-order valence-electron chi connectivity index (χ1n) is 9.57. The standard InChI is InChI=1S/C20H18ClN5O3S/c1-29-14-7-6-11(21)8-13(14)23-16(27)9-26-20(28)25-10-22-19-17(18(25)24-26)12-4-2-3-5-15(12)30-19/h6-8,10H,2-5,9H2,1H3,(H,23,27). The highest BCUT2D eigenvalue weighted by Gasteiger charge is 2.22. The Kier molecular flexibility index (Phi) is 4.71. The van der Waals surface area contributed by atoms with Crippen LogP contribution in [0.15, 0.2) is 29.3 Å². The van der Waals surface area contributed by atoms with Crippen LogP contribution in [0, 0.1) is 0 Å². The molecule has 0 saturated heterocycles. The minimum absolute atomic E-state index is 0.232. The molecule has 5 rings (SSSR count). The lowest BCUT2D eigenvalue weighted by Crippen LogP contribution is -2.28. The van der Waals surface area contributed by atoms with Crippen LogP contribution in [0.3, 0.4) is 0 Å². The monoisotopic (exact) mass is 443 g/mol. The summed E-state index contributed by atoms with van der Waals surface area (Å²) in [6.07, 6.45) is 5.78. The second kappa shape index (κ2) is 7.41. The number of hydrogen-bond acceptors (Lipinski definition) is 6. The molecule has 3 aromatic heterocycles. The predicted molar refractivity (Wildman–Crippen MR) is 116 cm³/mol. The average Bonchev–Trinajstić information content (AvgIpc) is 3.26. The number of hydrogen-bond donors (Lipinski definition) is 1. The normalized spacial score (nSPS) is 13.5. The lowest BCUT2D eigenvalue weighted by atomic mass is 9.97. The summed E-state index contributed by atoms with van der Waals surface area (Å²) in [6.45, 7) is -0.232. The van der Waals surface area contributed by atoms with Crippen LogP contribution in [-0.2, 0) is 24.2 Å². The van der Waals surface area contributed by atoms with Crippen molar-refractivity contribution in [2.24, 2.45) is 0 Å². The molecule has 0 bridgehead atoms. The highest BCUT2D eigenvalue weighted by molar-refractivity contribution is 7.19. The van der Waals surface area contributed by atoms with Crippen molar-refractivity contribution in [3.8, 4) is 5.75 Å². The molecule has 154 valence electrons. The van der Waals surface area contributed by atoms with E-state index >= 15 is 0 Å². The second-order valence-corrected chi connectivity index (χ2v) is 8.68. The van der Waals surface area contributed by atoms with E-state index < -0.39 is 11.6 Å². The van der Waals surface area contributed by atoms with Crippen molar-refractivity contribution in [3.05, 3.63) is 50.5 Å². The molecule has 0 unspecified atom stereocenters. The van der Waals surface area contributed by atoms with Crippen molar-refractivity contribution in [2.75, 3.05) is 12.4 Å². The summed E-state index contributed by atoms with van der Waals surface area (Å²) in [5.74, 6) is 0.0727. The molecule has 4 aromatic rings. The van der Waals surface area contributed by atoms with Gasteiger partial charge in [0.1, 0.15) is 23.5 Å². The van der Waals surface area contributed by atoms with E-state index in [4.69, 9.17) is 16.3 Å². The van der Waals surface area contributed by atoms with Gasteiger partial charge >= 0.3 is 5.69 Å². The predicted octanol–water partition coefficient (Wildman–Crippen LogP) is 3.29. The van der Waals surface area contributed by atoms with Crippen molar-refractivity contribution in [1.82, 2.24) is 19.2 Å². The molecule has 1 aliphatic carbocycles. The van der Waals surface area contributed by atoms with Crippen LogP contribution in [0.2, 0.25) is 5.02 Å².